The summed E-state index contributed by atoms with van der Waals surface area (Å²) in [6.45, 7) is 21.8. The summed E-state index contributed by atoms with van der Waals surface area (Å²) in [5.41, 5.74) is 0. The summed E-state index contributed by atoms with van der Waals surface area (Å²) in [4.78, 5) is 79.6. The number of hydrogen-bond acceptors (Lipinski definition) is 8. The molecule has 0 unspecified atom stereocenters. The summed E-state index contributed by atoms with van der Waals surface area (Å²) in [6.07, 6.45) is 15.3. The number of ketones is 1. The highest BCUT2D eigenvalue weighted by molar-refractivity contribution is 6.13. The van der Waals surface area contributed by atoms with Crippen molar-refractivity contribution in [3.8, 4) is 12.3 Å². The van der Waals surface area contributed by atoms with E-state index in [0.717, 1.165) is 24.7 Å². The number of hydrogen-bond donors (Lipinski definition) is 1. The zero-order valence-corrected chi connectivity index (χ0v) is 27.6. The first kappa shape index (κ1) is 48.4. The van der Waals surface area contributed by atoms with E-state index in [4.69, 9.17) is 6.42 Å². The van der Waals surface area contributed by atoms with Crippen molar-refractivity contribution >= 4 is 41.3 Å². The molecule has 11 heteroatoms. The molecule has 11 nitrogen and oxygen atoms in total. The number of rotatable bonds is 7. The quantitative estimate of drug-likeness (QED) is 0.187. The Hall–Kier alpha value is -4.33. The van der Waals surface area contributed by atoms with Gasteiger partial charge in [0.15, 0.2) is 5.78 Å². The van der Waals surface area contributed by atoms with Crippen LogP contribution in [0.15, 0.2) is 37.5 Å². The molecule has 0 saturated carbocycles. The zero-order chi connectivity index (χ0) is 34.8. The van der Waals surface area contributed by atoms with Gasteiger partial charge in [-0.15, -0.1) is 24.0 Å². The molecule has 0 aromatic carbocycles. The Kier molecular flexibility index (Phi) is 40.2. The van der Waals surface area contributed by atoms with Crippen LogP contribution < -0.4 is 5.32 Å². The second-order valence-corrected chi connectivity index (χ2v) is 7.82. The highest BCUT2D eigenvalue weighted by Crippen LogP contribution is 2.11. The van der Waals surface area contributed by atoms with Gasteiger partial charge < -0.3 is 10.2 Å². The van der Waals surface area contributed by atoms with Gasteiger partial charge in [-0.3, -0.25) is 33.7 Å². The van der Waals surface area contributed by atoms with Gasteiger partial charge in [0.1, 0.15) is 0 Å². The Bertz CT molecular complexity index is 897. The predicted octanol–water partition coefficient (Wildman–Crippen LogP) is 4.87. The Balaban J connectivity index is -0.000000144. The minimum atomic E-state index is -0.659. The fraction of sp³-hybridized carbons (Fsp3) is 0.531. The van der Waals surface area contributed by atoms with Crippen LogP contribution in [0.4, 0.5) is 0 Å². The second kappa shape index (κ2) is 35.7. The van der Waals surface area contributed by atoms with Gasteiger partial charge in [0, 0.05) is 58.4 Å². The summed E-state index contributed by atoms with van der Waals surface area (Å²) in [5, 5.41) is 2.93. The summed E-state index contributed by atoms with van der Waals surface area (Å²) in [5.74, 6) is -0.00990. The van der Waals surface area contributed by atoms with Crippen LogP contribution in [-0.4, -0.2) is 64.8 Å². The number of terminal acetylenes is 1. The van der Waals surface area contributed by atoms with Crippen LogP contribution in [0.1, 0.15) is 100 Å². The van der Waals surface area contributed by atoms with Crippen LogP contribution in [0.2, 0.25) is 0 Å². The van der Waals surface area contributed by atoms with Gasteiger partial charge in [-0.25, -0.2) is 4.79 Å². The molecule has 0 radical (unpaired) electrons. The van der Waals surface area contributed by atoms with E-state index in [-0.39, 0.29) is 49.3 Å². The van der Waals surface area contributed by atoms with Crippen LogP contribution in [0.25, 0.3) is 0 Å². The lowest BCUT2D eigenvalue weighted by Gasteiger charge is -2.12. The fourth-order valence-electron chi connectivity index (χ4n) is 1.78. The van der Waals surface area contributed by atoms with Gasteiger partial charge in [-0.2, -0.15) is 0 Å². The summed E-state index contributed by atoms with van der Waals surface area (Å²) < 4.78 is 0. The van der Waals surface area contributed by atoms with Crippen molar-refractivity contribution in [1.82, 2.24) is 15.3 Å². The predicted molar refractivity (Wildman–Crippen MR) is 170 cm³/mol. The number of carbonyl (C=O) groups is 7. The number of allylic oxidation sites excluding steroid dienone is 2. The zero-order valence-electron chi connectivity index (χ0n) is 27.6. The molecule has 0 bridgehead atoms. The third kappa shape index (κ3) is 33.8. The van der Waals surface area contributed by atoms with Crippen molar-refractivity contribution in [2.75, 3.05) is 13.6 Å². The van der Waals surface area contributed by atoms with Crippen LogP contribution in [0.3, 0.4) is 0 Å². The Morgan fingerprint density at radius 3 is 1.56 bits per heavy atom. The van der Waals surface area contributed by atoms with E-state index in [2.05, 4.69) is 50.0 Å². The minimum absolute atomic E-state index is 0.0185. The molecule has 1 fully saturated rings. The van der Waals surface area contributed by atoms with E-state index in [9.17, 15) is 33.6 Å². The highest BCUT2D eigenvalue weighted by Gasteiger charge is 2.31. The third-order valence-corrected chi connectivity index (χ3v) is 4.25. The van der Waals surface area contributed by atoms with E-state index < -0.39 is 17.8 Å². The average molecular weight is 608 g/mol. The lowest BCUT2D eigenvalue weighted by molar-refractivity contribution is -0.195. The van der Waals surface area contributed by atoms with Gasteiger partial charge in [0.25, 0.3) is 23.6 Å². The number of imide groups is 2. The number of amides is 5. The standard InChI is InChI=1S/C8H10N2O3.C6H7NO4.C4H6O.C4H10.C4H8.C4H6.C2H6/c1-9-6(11)4-5-10-7(12)2-3-8(10)13;1-4(8)11-7-5(9)2-3-6(7)10;1-3-4(2)5;3*1-3-4-2;1-2/h2-3H,4-5H2,1H3,(H,9,11);2-3H2,1H3;3H,1H2,2H3;3-4H2,1-2H3;3H,1,4H2,2H3;1H,4H2,2H3;1-2H3. The topological polar surface area (TPSA) is 147 Å². The van der Waals surface area contributed by atoms with Crippen molar-refractivity contribution in [2.24, 2.45) is 0 Å². The number of unbranched alkanes of at least 4 members (excludes halogenated alkanes) is 1. The summed E-state index contributed by atoms with van der Waals surface area (Å²) >= 11 is 0. The van der Waals surface area contributed by atoms with Crippen molar-refractivity contribution < 1.29 is 38.4 Å². The average Bonchev–Trinajstić information content (AvgIpc) is 3.51. The van der Waals surface area contributed by atoms with Crippen LogP contribution >= 0.6 is 0 Å². The van der Waals surface area contributed by atoms with Crippen LogP contribution in [0.5, 0.6) is 0 Å². The molecule has 0 atom stereocenters. The van der Waals surface area contributed by atoms with Gasteiger partial charge >= 0.3 is 5.97 Å². The number of carbonyl (C=O) groups excluding carboxylic acids is 7. The molecule has 1 N–H and O–H groups in total. The molecule has 1 saturated heterocycles. The van der Waals surface area contributed by atoms with E-state index in [0.29, 0.717) is 5.06 Å². The first-order chi connectivity index (χ1) is 20.3. The SMILES string of the molecule is C#CCC.C=CC(C)=O.C=CCC.CC.CC(=O)ON1C(=O)CCC1=O.CCCC.CNC(=O)CCN1C(=O)C=CC1=O. The summed E-state index contributed by atoms with van der Waals surface area (Å²) in [6, 6.07) is 0. The number of nitrogens with one attached hydrogen (secondary N) is 1. The number of nitrogens with zero attached hydrogens (tertiary/aromatic N) is 2. The molecule has 0 aromatic heterocycles. The van der Waals surface area contributed by atoms with Gasteiger partial charge in [-0.1, -0.05) is 67.0 Å². The Morgan fingerprint density at radius 2 is 1.33 bits per heavy atom. The lowest BCUT2D eigenvalue weighted by Crippen LogP contribution is -2.33. The monoisotopic (exact) mass is 607 g/mol. The van der Waals surface area contributed by atoms with E-state index >= 15 is 0 Å². The van der Waals surface area contributed by atoms with E-state index in [1.807, 2.05) is 26.8 Å². The maximum atomic E-state index is 11.0. The van der Waals surface area contributed by atoms with Crippen molar-refractivity contribution in [2.45, 2.75) is 100 Å². The van der Waals surface area contributed by atoms with E-state index in [1.165, 1.54) is 45.0 Å². The van der Waals surface area contributed by atoms with Crippen molar-refractivity contribution in [3.05, 3.63) is 37.5 Å². The van der Waals surface area contributed by atoms with Crippen LogP contribution in [0, 0.1) is 12.3 Å². The molecule has 0 spiro atoms. The molecule has 43 heavy (non-hydrogen) atoms. The normalized spacial score (nSPS) is 11.7. The molecular formula is C32H53N3O8. The molecule has 5 amide bonds. The first-order valence-electron chi connectivity index (χ1n) is 14.2. The second-order valence-electron chi connectivity index (χ2n) is 7.82. The molecule has 2 rings (SSSR count). The third-order valence-electron chi connectivity index (χ3n) is 4.25. The van der Waals surface area contributed by atoms with E-state index in [1.54, 1.807) is 0 Å². The molecule has 0 aromatic rings. The molecule has 0 aliphatic carbocycles. The number of hydroxylamine groups is 2. The molecular weight excluding hydrogens is 554 g/mol. The first-order valence-corrected chi connectivity index (χ1v) is 14.2. The van der Waals surface area contributed by atoms with Crippen LogP contribution in [-0.2, 0) is 38.4 Å². The Labute approximate surface area is 258 Å². The minimum Gasteiger partial charge on any atom is -0.359 e. The Morgan fingerprint density at radius 1 is 0.953 bits per heavy atom. The molecule has 244 valence electrons. The lowest BCUT2D eigenvalue weighted by atomic mass is 10.3. The molecule has 2 aliphatic heterocycles. The smallest absolute Gasteiger partial charge is 0.330 e. The maximum absolute atomic E-state index is 11.0. The highest BCUT2D eigenvalue weighted by atomic mass is 16.7. The summed E-state index contributed by atoms with van der Waals surface area (Å²) in [7, 11) is 1.51. The molecule has 2 heterocycles. The van der Waals surface area contributed by atoms with Gasteiger partial charge in [0.05, 0.1) is 0 Å². The van der Waals surface area contributed by atoms with Crippen molar-refractivity contribution in [1.29, 1.82) is 0 Å². The van der Waals surface area contributed by atoms with Gasteiger partial charge in [-0.05, 0) is 19.4 Å². The van der Waals surface area contributed by atoms with Crippen molar-refractivity contribution in [3.63, 3.8) is 0 Å². The van der Waals surface area contributed by atoms with Gasteiger partial charge in [0.2, 0.25) is 5.91 Å². The maximum Gasteiger partial charge on any atom is 0.330 e. The largest absolute Gasteiger partial charge is 0.359 e. The fourth-order valence-corrected chi connectivity index (χ4v) is 1.78. The molecule has 2 aliphatic rings.